The van der Waals surface area contributed by atoms with Gasteiger partial charge in [0.2, 0.25) is 5.91 Å². The summed E-state index contributed by atoms with van der Waals surface area (Å²) < 4.78 is 0.932. The Balaban J connectivity index is 2.30. The second kappa shape index (κ2) is 5.69. The first kappa shape index (κ1) is 15.2. The zero-order chi connectivity index (χ0) is 15.7. The van der Waals surface area contributed by atoms with Crippen molar-refractivity contribution in [3.63, 3.8) is 0 Å². The fourth-order valence-electron chi connectivity index (χ4n) is 2.04. The molecule has 0 saturated carbocycles. The Morgan fingerprint density at radius 2 is 2.05 bits per heavy atom. The molecule has 0 aliphatic rings. The number of thiophene rings is 1. The van der Waals surface area contributed by atoms with Gasteiger partial charge in [-0.25, -0.2) is 0 Å². The summed E-state index contributed by atoms with van der Waals surface area (Å²) in [4.78, 5) is 29.9. The minimum absolute atomic E-state index is 0.0459. The largest absolute Gasteiger partial charge is 0.397 e. The third-order valence-electron chi connectivity index (χ3n) is 3.12. The van der Waals surface area contributed by atoms with Crippen LogP contribution in [0.1, 0.15) is 21.1 Å². The summed E-state index contributed by atoms with van der Waals surface area (Å²) in [7, 11) is 3.28. The van der Waals surface area contributed by atoms with Crippen molar-refractivity contribution >= 4 is 38.9 Å². The van der Waals surface area contributed by atoms with Crippen LogP contribution in [0.15, 0.2) is 6.07 Å². The number of likely N-dealkylation sites (N-methyl/N-ethyl adjacent to an activating group) is 1. The molecule has 2 aromatic rings. The highest BCUT2D eigenvalue weighted by atomic mass is 32.1. The monoisotopic (exact) mass is 306 g/mol. The van der Waals surface area contributed by atoms with E-state index in [0.717, 1.165) is 21.5 Å². The Kier molecular flexibility index (Phi) is 4.13. The molecular weight excluding hydrogens is 288 g/mol. The van der Waals surface area contributed by atoms with Crippen molar-refractivity contribution in [2.75, 3.05) is 26.4 Å². The number of pyridine rings is 1. The maximum Gasteiger partial charge on any atom is 0.263 e. The lowest BCUT2D eigenvalue weighted by Gasteiger charge is -2.10. The lowest BCUT2D eigenvalue weighted by Crippen LogP contribution is -2.36. The molecule has 0 bridgehead atoms. The van der Waals surface area contributed by atoms with Crippen LogP contribution in [0.25, 0.3) is 10.1 Å². The van der Waals surface area contributed by atoms with Gasteiger partial charge in [-0.1, -0.05) is 0 Å². The second-order valence-electron chi connectivity index (χ2n) is 5.04. The lowest BCUT2D eigenvalue weighted by atomic mass is 10.2. The smallest absolute Gasteiger partial charge is 0.263 e. The fraction of sp³-hybridized carbons (Fsp3) is 0.357. The van der Waals surface area contributed by atoms with Gasteiger partial charge in [0.05, 0.1) is 12.2 Å². The normalized spacial score (nSPS) is 10.7. The van der Waals surface area contributed by atoms with Crippen LogP contribution in [0.5, 0.6) is 0 Å². The average Bonchev–Trinajstić information content (AvgIpc) is 2.72. The molecule has 2 amide bonds. The van der Waals surface area contributed by atoms with Gasteiger partial charge in [-0.05, 0) is 19.9 Å². The summed E-state index contributed by atoms with van der Waals surface area (Å²) in [5.74, 6) is -0.502. The third kappa shape index (κ3) is 2.97. The van der Waals surface area contributed by atoms with Crippen molar-refractivity contribution in [1.29, 1.82) is 0 Å². The van der Waals surface area contributed by atoms with Crippen LogP contribution < -0.4 is 11.1 Å². The van der Waals surface area contributed by atoms with Gasteiger partial charge in [0.25, 0.3) is 5.91 Å². The first-order valence-corrected chi connectivity index (χ1v) is 7.27. The van der Waals surface area contributed by atoms with Gasteiger partial charge in [0, 0.05) is 35.6 Å². The topological polar surface area (TPSA) is 88.3 Å². The molecule has 3 N–H and O–H groups in total. The first-order chi connectivity index (χ1) is 9.81. The van der Waals surface area contributed by atoms with Crippen LogP contribution in [0.3, 0.4) is 0 Å². The number of hydrogen-bond acceptors (Lipinski definition) is 5. The molecule has 0 radical (unpaired) electrons. The van der Waals surface area contributed by atoms with Crippen molar-refractivity contribution in [3.05, 3.63) is 22.3 Å². The van der Waals surface area contributed by atoms with E-state index in [4.69, 9.17) is 5.73 Å². The predicted octanol–water partition coefficient (Wildman–Crippen LogP) is 1.31. The van der Waals surface area contributed by atoms with Gasteiger partial charge in [-0.15, -0.1) is 11.3 Å². The van der Waals surface area contributed by atoms with Gasteiger partial charge in [0.15, 0.2) is 0 Å². The number of carbonyl (C=O) groups excluding carboxylic acids is 2. The SMILES string of the molecule is Cc1cc2sc(C(=O)NCC(=O)N(C)C)c(N)c2c(C)n1. The van der Waals surface area contributed by atoms with E-state index >= 15 is 0 Å². The summed E-state index contributed by atoms with van der Waals surface area (Å²) in [5, 5.41) is 3.41. The van der Waals surface area contributed by atoms with E-state index < -0.39 is 0 Å². The molecule has 0 aliphatic heterocycles. The van der Waals surface area contributed by atoms with E-state index in [9.17, 15) is 9.59 Å². The average molecular weight is 306 g/mol. The number of amides is 2. The highest BCUT2D eigenvalue weighted by Gasteiger charge is 2.19. The number of rotatable bonds is 3. The third-order valence-corrected chi connectivity index (χ3v) is 4.27. The van der Waals surface area contributed by atoms with Crippen molar-refractivity contribution in [2.45, 2.75) is 13.8 Å². The molecule has 0 saturated heterocycles. The summed E-state index contributed by atoms with van der Waals surface area (Å²) in [5.41, 5.74) is 8.19. The van der Waals surface area contributed by atoms with Crippen molar-refractivity contribution in [3.8, 4) is 0 Å². The maximum atomic E-state index is 12.2. The standard InChI is InChI=1S/C14H18N4O2S/c1-7-5-9-11(8(2)17-7)12(15)13(21-9)14(20)16-6-10(19)18(3)4/h5H,6,15H2,1-4H3,(H,16,20). The maximum absolute atomic E-state index is 12.2. The molecule has 21 heavy (non-hydrogen) atoms. The number of nitrogens with two attached hydrogens (primary N) is 1. The quantitative estimate of drug-likeness (QED) is 0.895. The molecule has 6 nitrogen and oxygen atoms in total. The number of fused-ring (bicyclic) bond motifs is 1. The molecule has 0 fully saturated rings. The molecule has 0 aliphatic carbocycles. The minimum Gasteiger partial charge on any atom is -0.397 e. The molecule has 7 heteroatoms. The predicted molar refractivity (Wildman–Crippen MR) is 84.5 cm³/mol. The number of aryl methyl sites for hydroxylation is 2. The molecule has 112 valence electrons. The van der Waals surface area contributed by atoms with Gasteiger partial charge >= 0.3 is 0 Å². The van der Waals surface area contributed by atoms with Crippen LogP contribution in [-0.4, -0.2) is 42.3 Å². The van der Waals surface area contributed by atoms with E-state index in [1.54, 1.807) is 14.1 Å². The fourth-order valence-corrected chi connectivity index (χ4v) is 3.23. The van der Waals surface area contributed by atoms with E-state index in [2.05, 4.69) is 10.3 Å². The van der Waals surface area contributed by atoms with E-state index in [0.29, 0.717) is 10.6 Å². The van der Waals surface area contributed by atoms with Gasteiger partial charge < -0.3 is 16.0 Å². The highest BCUT2D eigenvalue weighted by Crippen LogP contribution is 2.35. The molecule has 2 heterocycles. The molecule has 0 unspecified atom stereocenters. The first-order valence-electron chi connectivity index (χ1n) is 6.45. The molecular formula is C14H18N4O2S. The highest BCUT2D eigenvalue weighted by molar-refractivity contribution is 7.21. The van der Waals surface area contributed by atoms with Gasteiger partial charge in [-0.2, -0.15) is 0 Å². The second-order valence-corrected chi connectivity index (χ2v) is 6.09. The molecule has 2 rings (SSSR count). The summed E-state index contributed by atoms with van der Waals surface area (Å²) in [6.07, 6.45) is 0. The number of hydrogen-bond donors (Lipinski definition) is 2. The number of nitrogens with zero attached hydrogens (tertiary/aromatic N) is 2. The van der Waals surface area contributed by atoms with Crippen molar-refractivity contribution in [2.24, 2.45) is 0 Å². The number of nitrogen functional groups attached to an aromatic ring is 1. The van der Waals surface area contributed by atoms with Crippen molar-refractivity contribution in [1.82, 2.24) is 15.2 Å². The summed E-state index contributed by atoms with van der Waals surface area (Å²) >= 11 is 1.32. The van der Waals surface area contributed by atoms with E-state index in [-0.39, 0.29) is 18.4 Å². The van der Waals surface area contributed by atoms with Crippen LogP contribution >= 0.6 is 11.3 Å². The minimum atomic E-state index is -0.332. The van der Waals surface area contributed by atoms with Crippen LogP contribution in [-0.2, 0) is 4.79 Å². The Hall–Kier alpha value is -2.15. The van der Waals surface area contributed by atoms with Crippen LogP contribution in [0, 0.1) is 13.8 Å². The number of anilines is 1. The number of aromatic nitrogens is 1. The zero-order valence-electron chi connectivity index (χ0n) is 12.5. The van der Waals surface area contributed by atoms with Gasteiger partial charge in [0.1, 0.15) is 4.88 Å². The van der Waals surface area contributed by atoms with E-state index in [1.165, 1.54) is 16.2 Å². The lowest BCUT2D eigenvalue weighted by molar-refractivity contribution is -0.127. The number of carbonyl (C=O) groups is 2. The Morgan fingerprint density at radius 1 is 1.38 bits per heavy atom. The Labute approximate surface area is 127 Å². The molecule has 0 aromatic carbocycles. The molecule has 2 aromatic heterocycles. The summed E-state index contributed by atoms with van der Waals surface area (Å²) in [6.45, 7) is 3.73. The molecule has 0 atom stereocenters. The van der Waals surface area contributed by atoms with Crippen LogP contribution in [0.2, 0.25) is 0 Å². The number of nitrogens with one attached hydrogen (secondary N) is 1. The summed E-state index contributed by atoms with van der Waals surface area (Å²) in [6, 6.07) is 1.91. The van der Waals surface area contributed by atoms with Gasteiger partial charge in [-0.3, -0.25) is 14.6 Å². The van der Waals surface area contributed by atoms with Crippen molar-refractivity contribution < 1.29 is 9.59 Å². The Bertz CT molecular complexity index is 721. The van der Waals surface area contributed by atoms with E-state index in [1.807, 2.05) is 19.9 Å². The Morgan fingerprint density at radius 3 is 2.67 bits per heavy atom. The van der Waals surface area contributed by atoms with Crippen LogP contribution in [0.4, 0.5) is 5.69 Å². The molecule has 0 spiro atoms. The zero-order valence-corrected chi connectivity index (χ0v) is 13.3.